The number of nitrogens with one attached hydrogen (secondary N) is 1. The zero-order valence-corrected chi connectivity index (χ0v) is 21.0. The normalized spacial score (nSPS) is 17.0. The number of ether oxygens (including phenoxy) is 1. The summed E-state index contributed by atoms with van der Waals surface area (Å²) < 4.78 is 33.5. The molecule has 0 saturated heterocycles. The number of amides is 2. The van der Waals surface area contributed by atoms with Gasteiger partial charge in [-0.25, -0.2) is 8.42 Å². The van der Waals surface area contributed by atoms with Gasteiger partial charge in [-0.05, 0) is 30.3 Å². The van der Waals surface area contributed by atoms with Gasteiger partial charge < -0.3 is 10.1 Å². The summed E-state index contributed by atoms with van der Waals surface area (Å²) in [4.78, 5) is 36.5. The molecule has 0 aliphatic carbocycles. The summed E-state index contributed by atoms with van der Waals surface area (Å²) in [5.74, 6) is -2.04. The van der Waals surface area contributed by atoms with Crippen molar-refractivity contribution < 1.29 is 27.7 Å². The van der Waals surface area contributed by atoms with Crippen molar-refractivity contribution in [3.63, 3.8) is 0 Å². The Bertz CT molecular complexity index is 1540. The van der Waals surface area contributed by atoms with E-state index >= 15 is 0 Å². The maximum absolute atomic E-state index is 14.2. The van der Waals surface area contributed by atoms with Crippen LogP contribution >= 0.6 is 23.2 Å². The van der Waals surface area contributed by atoms with E-state index in [2.05, 4.69) is 5.32 Å². The molecule has 3 aromatic carbocycles. The van der Waals surface area contributed by atoms with Crippen LogP contribution in [0.25, 0.3) is 0 Å². The van der Waals surface area contributed by atoms with Gasteiger partial charge in [-0.3, -0.25) is 19.7 Å². The third-order valence-corrected chi connectivity index (χ3v) is 7.91. The van der Waals surface area contributed by atoms with Crippen LogP contribution in [0.4, 0.5) is 11.4 Å². The minimum atomic E-state index is -4.73. The Labute approximate surface area is 215 Å². The summed E-state index contributed by atoms with van der Waals surface area (Å²) in [6.07, 6.45) is 0. The van der Waals surface area contributed by atoms with Crippen molar-refractivity contribution >= 4 is 56.4 Å². The highest BCUT2D eigenvalue weighted by molar-refractivity contribution is 7.93. The van der Waals surface area contributed by atoms with Gasteiger partial charge in [0.25, 0.3) is 21.6 Å². The molecule has 10 nitrogen and oxygen atoms in total. The number of halogens is 2. The lowest BCUT2D eigenvalue weighted by Crippen LogP contribution is -2.54. The summed E-state index contributed by atoms with van der Waals surface area (Å²) >= 11 is 12.7. The predicted octanol–water partition coefficient (Wildman–Crippen LogP) is 4.03. The molecule has 0 saturated carbocycles. The average molecular weight is 550 g/mol. The van der Waals surface area contributed by atoms with E-state index in [4.69, 9.17) is 27.9 Å². The molecular formula is C23H17Cl2N3O7S. The molecule has 3 aromatic rings. The van der Waals surface area contributed by atoms with Crippen molar-refractivity contribution in [2.24, 2.45) is 0 Å². The number of nitro benzene ring substituents is 1. The van der Waals surface area contributed by atoms with E-state index < -0.39 is 42.9 Å². The number of hydrogen-bond donors (Lipinski definition) is 1. The fourth-order valence-electron chi connectivity index (χ4n) is 4.16. The van der Waals surface area contributed by atoms with Crippen molar-refractivity contribution in [2.75, 3.05) is 11.4 Å². The number of methoxy groups -OCH3 is 1. The third kappa shape index (κ3) is 3.85. The molecule has 0 radical (unpaired) electrons. The number of carbonyl (C=O) groups is 2. The van der Waals surface area contributed by atoms with Crippen molar-refractivity contribution in [2.45, 2.75) is 17.4 Å². The zero-order valence-electron chi connectivity index (χ0n) is 18.7. The molecule has 1 N–H and O–H groups in total. The standard InChI is InChI=1S/C23H17Cl2N3O7S/c1-13(29)26-23(16-5-3-4-6-18(16)25)17-11-14(24)7-9-19(17)27(22(23)30)36(33,34)21-10-8-15(28(31)32)12-20(21)35-2/h3-12H,1-2H3,(H,26,29). The summed E-state index contributed by atoms with van der Waals surface area (Å²) in [5, 5.41) is 14.0. The van der Waals surface area contributed by atoms with Crippen LogP contribution in [0.5, 0.6) is 5.75 Å². The second kappa shape index (κ2) is 9.08. The average Bonchev–Trinajstić information content (AvgIpc) is 3.06. The number of hydrogen-bond acceptors (Lipinski definition) is 7. The van der Waals surface area contributed by atoms with Crippen LogP contribution in [0, 0.1) is 10.1 Å². The number of fused-ring (bicyclic) bond motifs is 1. The number of sulfonamides is 1. The molecule has 0 spiro atoms. The summed E-state index contributed by atoms with van der Waals surface area (Å²) in [6.45, 7) is 1.17. The van der Waals surface area contributed by atoms with Crippen molar-refractivity contribution in [1.29, 1.82) is 0 Å². The smallest absolute Gasteiger partial charge is 0.276 e. The van der Waals surface area contributed by atoms with Gasteiger partial charge in [-0.1, -0.05) is 41.4 Å². The first-order valence-electron chi connectivity index (χ1n) is 10.2. The molecule has 13 heteroatoms. The van der Waals surface area contributed by atoms with Crippen LogP contribution in [0.1, 0.15) is 18.1 Å². The molecule has 36 heavy (non-hydrogen) atoms. The number of carbonyl (C=O) groups excluding carboxylic acids is 2. The fourth-order valence-corrected chi connectivity index (χ4v) is 6.22. The fraction of sp³-hybridized carbons (Fsp3) is 0.130. The zero-order chi connectivity index (χ0) is 26.4. The first-order chi connectivity index (χ1) is 16.9. The van der Waals surface area contributed by atoms with Gasteiger partial charge in [0.05, 0.1) is 23.8 Å². The molecule has 4 rings (SSSR count). The second-order valence-corrected chi connectivity index (χ2v) is 10.3. The van der Waals surface area contributed by atoms with Crippen LogP contribution < -0.4 is 14.4 Å². The highest BCUT2D eigenvalue weighted by Crippen LogP contribution is 2.49. The lowest BCUT2D eigenvalue weighted by atomic mass is 9.83. The van der Waals surface area contributed by atoms with Crippen molar-refractivity contribution in [3.05, 3.63) is 92.0 Å². The Hall–Kier alpha value is -3.67. The van der Waals surface area contributed by atoms with E-state index in [-0.39, 0.29) is 32.6 Å². The summed E-state index contributed by atoms with van der Waals surface area (Å²) in [5.41, 5.74) is -2.32. The van der Waals surface area contributed by atoms with Crippen LogP contribution in [-0.4, -0.2) is 32.3 Å². The summed E-state index contributed by atoms with van der Waals surface area (Å²) in [6, 6.07) is 13.2. The van der Waals surface area contributed by atoms with E-state index in [9.17, 15) is 28.1 Å². The highest BCUT2D eigenvalue weighted by atomic mass is 35.5. The second-order valence-electron chi connectivity index (χ2n) is 7.74. The van der Waals surface area contributed by atoms with Gasteiger partial charge in [-0.15, -0.1) is 0 Å². The third-order valence-electron chi connectivity index (χ3n) is 5.60. The minimum Gasteiger partial charge on any atom is -0.495 e. The van der Waals surface area contributed by atoms with Crippen LogP contribution in [0.2, 0.25) is 10.0 Å². The Morgan fingerprint density at radius 1 is 1.08 bits per heavy atom. The Morgan fingerprint density at radius 3 is 2.39 bits per heavy atom. The maximum Gasteiger partial charge on any atom is 0.276 e. The SMILES string of the molecule is COc1cc([N+](=O)[O-])ccc1S(=O)(=O)N1C(=O)C(NC(C)=O)(c2ccccc2Cl)c2cc(Cl)ccc21. The van der Waals surface area contributed by atoms with Crippen molar-refractivity contribution in [1.82, 2.24) is 5.32 Å². The van der Waals surface area contributed by atoms with Gasteiger partial charge in [0.1, 0.15) is 10.6 Å². The molecule has 1 aliphatic heterocycles. The Morgan fingerprint density at radius 2 is 1.78 bits per heavy atom. The highest BCUT2D eigenvalue weighted by Gasteiger charge is 2.58. The van der Waals surface area contributed by atoms with Crippen LogP contribution in [0.3, 0.4) is 0 Å². The van der Waals surface area contributed by atoms with Gasteiger partial charge in [0, 0.05) is 34.2 Å². The van der Waals surface area contributed by atoms with Gasteiger partial charge >= 0.3 is 0 Å². The molecule has 1 atom stereocenters. The lowest BCUT2D eigenvalue weighted by Gasteiger charge is -2.30. The van der Waals surface area contributed by atoms with Gasteiger partial charge in [0.15, 0.2) is 5.54 Å². The number of nitrogens with zero attached hydrogens (tertiary/aromatic N) is 2. The molecule has 1 aliphatic rings. The van der Waals surface area contributed by atoms with E-state index in [1.807, 2.05) is 0 Å². The first-order valence-corrected chi connectivity index (χ1v) is 12.4. The maximum atomic E-state index is 14.2. The first kappa shape index (κ1) is 25.4. The predicted molar refractivity (Wildman–Crippen MR) is 132 cm³/mol. The van der Waals surface area contributed by atoms with Gasteiger partial charge in [0.2, 0.25) is 5.91 Å². The Kier molecular flexibility index (Phi) is 6.41. The quantitative estimate of drug-likeness (QED) is 0.362. The van der Waals surface area contributed by atoms with Crippen LogP contribution in [0.15, 0.2) is 65.6 Å². The molecule has 0 bridgehead atoms. The Balaban J connectivity index is 2.04. The molecule has 1 heterocycles. The molecule has 2 amide bonds. The molecule has 186 valence electrons. The largest absolute Gasteiger partial charge is 0.495 e. The number of anilines is 1. The monoisotopic (exact) mass is 549 g/mol. The molecular weight excluding hydrogens is 533 g/mol. The van der Waals surface area contributed by atoms with Crippen molar-refractivity contribution in [3.8, 4) is 5.75 Å². The summed E-state index contributed by atoms with van der Waals surface area (Å²) in [7, 11) is -3.59. The van der Waals surface area contributed by atoms with E-state index in [1.54, 1.807) is 12.1 Å². The number of benzene rings is 3. The topological polar surface area (TPSA) is 136 Å². The van der Waals surface area contributed by atoms with E-state index in [1.165, 1.54) is 37.3 Å². The number of non-ortho nitro benzene ring substituents is 1. The van der Waals surface area contributed by atoms with E-state index in [0.717, 1.165) is 25.3 Å². The molecule has 0 aromatic heterocycles. The molecule has 1 unspecified atom stereocenters. The van der Waals surface area contributed by atoms with Crippen LogP contribution in [-0.2, 0) is 25.2 Å². The number of nitro groups is 1. The lowest BCUT2D eigenvalue weighted by molar-refractivity contribution is -0.385. The van der Waals surface area contributed by atoms with Gasteiger partial charge in [-0.2, -0.15) is 4.31 Å². The minimum absolute atomic E-state index is 0.0766. The molecule has 0 fully saturated rings. The van der Waals surface area contributed by atoms with E-state index in [0.29, 0.717) is 4.31 Å². The number of rotatable bonds is 6.